The first-order valence-electron chi connectivity index (χ1n) is 7.30. The Kier molecular flexibility index (Phi) is 13.4. The third-order valence-electron chi connectivity index (χ3n) is 3.01. The van der Waals surface area contributed by atoms with E-state index in [0.29, 0.717) is 0 Å². The summed E-state index contributed by atoms with van der Waals surface area (Å²) >= 11 is 0. The van der Waals surface area contributed by atoms with Gasteiger partial charge in [-0.05, 0) is 26.3 Å². The molecule has 1 saturated heterocycles. The maximum Gasteiger partial charge on any atom is 0.191 e. The highest BCUT2D eigenvalue weighted by Gasteiger charge is 2.08. The second kappa shape index (κ2) is 13.6. The van der Waals surface area contributed by atoms with Crippen LogP contribution in [0.4, 0.5) is 0 Å². The van der Waals surface area contributed by atoms with Gasteiger partial charge in [-0.15, -0.1) is 30.6 Å². The van der Waals surface area contributed by atoms with Crippen LogP contribution in [-0.2, 0) is 4.74 Å². The monoisotopic (exact) mass is 396 g/mol. The lowest BCUT2D eigenvalue weighted by molar-refractivity contribution is 0.0373. The summed E-state index contributed by atoms with van der Waals surface area (Å²) in [6.45, 7) is 13.4. The molecule has 0 spiro atoms. The van der Waals surface area contributed by atoms with E-state index in [-0.39, 0.29) is 24.0 Å². The fourth-order valence-corrected chi connectivity index (χ4v) is 1.97. The number of ether oxygens (including phenoxy) is 1. The molecule has 0 radical (unpaired) electrons. The van der Waals surface area contributed by atoms with E-state index in [4.69, 9.17) is 4.74 Å². The van der Waals surface area contributed by atoms with Crippen LogP contribution in [0.1, 0.15) is 19.8 Å². The van der Waals surface area contributed by atoms with Crippen molar-refractivity contribution in [2.75, 3.05) is 52.5 Å². The molecule has 118 valence electrons. The van der Waals surface area contributed by atoms with E-state index in [1.165, 1.54) is 6.42 Å². The van der Waals surface area contributed by atoms with Crippen LogP contribution in [0.3, 0.4) is 0 Å². The summed E-state index contributed by atoms with van der Waals surface area (Å²) in [6, 6.07) is 0. The van der Waals surface area contributed by atoms with E-state index in [9.17, 15) is 0 Å². The Bertz CT molecular complexity index is 268. The van der Waals surface area contributed by atoms with E-state index in [0.717, 1.165) is 64.9 Å². The van der Waals surface area contributed by atoms with Gasteiger partial charge in [-0.3, -0.25) is 9.89 Å². The zero-order valence-electron chi connectivity index (χ0n) is 12.6. The van der Waals surface area contributed by atoms with Crippen LogP contribution in [0.2, 0.25) is 0 Å². The number of aliphatic imine (C=N–C) groups is 1. The van der Waals surface area contributed by atoms with Gasteiger partial charge in [0.25, 0.3) is 0 Å². The summed E-state index contributed by atoms with van der Waals surface area (Å²) < 4.78 is 5.33. The van der Waals surface area contributed by atoms with Crippen LogP contribution in [0.5, 0.6) is 0 Å². The molecule has 0 atom stereocenters. The molecule has 6 heteroatoms. The Morgan fingerprint density at radius 2 is 2.05 bits per heavy atom. The Morgan fingerprint density at radius 1 is 1.30 bits per heavy atom. The standard InChI is InChI=1S/C14H28N4O.HI/c1-3-7-16-14(15-4-2)17-8-5-6-9-18-10-12-19-13-11-18;/h3H,1,4-13H2,2H3,(H2,15,16,17);1H. The van der Waals surface area contributed by atoms with Gasteiger partial charge < -0.3 is 15.4 Å². The molecule has 5 nitrogen and oxygen atoms in total. The molecule has 0 aliphatic carbocycles. The summed E-state index contributed by atoms with van der Waals surface area (Å²) in [5.74, 6) is 0.883. The molecule has 1 rings (SSSR count). The molecule has 0 aromatic rings. The molecular weight excluding hydrogens is 367 g/mol. The van der Waals surface area contributed by atoms with Crippen LogP contribution in [0.15, 0.2) is 17.6 Å². The van der Waals surface area contributed by atoms with E-state index in [1.54, 1.807) is 0 Å². The Morgan fingerprint density at radius 3 is 2.70 bits per heavy atom. The minimum Gasteiger partial charge on any atom is -0.379 e. The smallest absolute Gasteiger partial charge is 0.191 e. The van der Waals surface area contributed by atoms with Gasteiger partial charge in [-0.25, -0.2) is 0 Å². The number of rotatable bonds is 8. The second-order valence-corrected chi connectivity index (χ2v) is 4.59. The summed E-state index contributed by atoms with van der Waals surface area (Å²) in [7, 11) is 0. The minimum absolute atomic E-state index is 0. The van der Waals surface area contributed by atoms with E-state index < -0.39 is 0 Å². The quantitative estimate of drug-likeness (QED) is 0.215. The highest BCUT2D eigenvalue weighted by atomic mass is 127. The van der Waals surface area contributed by atoms with Crippen molar-refractivity contribution in [2.24, 2.45) is 4.99 Å². The first-order chi connectivity index (χ1) is 9.36. The zero-order chi connectivity index (χ0) is 13.8. The van der Waals surface area contributed by atoms with Crippen molar-refractivity contribution in [3.8, 4) is 0 Å². The number of guanidine groups is 1. The molecule has 0 aromatic carbocycles. The maximum atomic E-state index is 5.33. The molecular formula is C14H29IN4O. The molecule has 0 unspecified atom stereocenters. The van der Waals surface area contributed by atoms with Gasteiger partial charge in [0.1, 0.15) is 0 Å². The van der Waals surface area contributed by atoms with Gasteiger partial charge in [0.2, 0.25) is 0 Å². The van der Waals surface area contributed by atoms with E-state index >= 15 is 0 Å². The summed E-state index contributed by atoms with van der Waals surface area (Å²) in [5, 5.41) is 6.43. The third kappa shape index (κ3) is 9.55. The van der Waals surface area contributed by atoms with Crippen LogP contribution < -0.4 is 10.6 Å². The molecule has 0 saturated carbocycles. The largest absolute Gasteiger partial charge is 0.379 e. The molecule has 2 N–H and O–H groups in total. The Hall–Kier alpha value is -0.340. The molecule has 20 heavy (non-hydrogen) atoms. The average molecular weight is 396 g/mol. The summed E-state index contributed by atoms with van der Waals surface area (Å²) in [6.07, 6.45) is 4.16. The van der Waals surface area contributed by atoms with Gasteiger partial charge in [0, 0.05) is 32.7 Å². The lowest BCUT2D eigenvalue weighted by atomic mass is 10.3. The first kappa shape index (κ1) is 19.7. The van der Waals surface area contributed by atoms with Crippen molar-refractivity contribution < 1.29 is 4.74 Å². The van der Waals surface area contributed by atoms with Crippen molar-refractivity contribution in [1.82, 2.24) is 15.5 Å². The molecule has 0 amide bonds. The maximum absolute atomic E-state index is 5.33. The lowest BCUT2D eigenvalue weighted by Gasteiger charge is -2.26. The van der Waals surface area contributed by atoms with Crippen molar-refractivity contribution in [2.45, 2.75) is 19.8 Å². The van der Waals surface area contributed by atoms with Crippen molar-refractivity contribution in [1.29, 1.82) is 0 Å². The van der Waals surface area contributed by atoms with E-state index in [1.807, 2.05) is 6.08 Å². The Labute approximate surface area is 140 Å². The lowest BCUT2D eigenvalue weighted by Crippen LogP contribution is -2.37. The molecule has 1 fully saturated rings. The predicted octanol–water partition coefficient (Wildman–Crippen LogP) is 1.46. The van der Waals surface area contributed by atoms with Crippen LogP contribution >= 0.6 is 24.0 Å². The first-order valence-corrected chi connectivity index (χ1v) is 7.30. The van der Waals surface area contributed by atoms with Gasteiger partial charge in [0.15, 0.2) is 5.96 Å². The topological polar surface area (TPSA) is 48.9 Å². The zero-order valence-corrected chi connectivity index (χ0v) is 14.9. The Balaban J connectivity index is 0.00000361. The third-order valence-corrected chi connectivity index (χ3v) is 3.01. The molecule has 0 aromatic heterocycles. The van der Waals surface area contributed by atoms with Gasteiger partial charge in [0.05, 0.1) is 13.2 Å². The SMILES string of the molecule is C=CCNC(=NCCCCN1CCOCC1)NCC.I. The normalized spacial score (nSPS) is 16.4. The number of halogens is 1. The summed E-state index contributed by atoms with van der Waals surface area (Å²) in [5.41, 5.74) is 0. The number of hydrogen-bond acceptors (Lipinski definition) is 3. The van der Waals surface area contributed by atoms with Gasteiger partial charge in [-0.2, -0.15) is 0 Å². The highest BCUT2D eigenvalue weighted by molar-refractivity contribution is 14.0. The number of nitrogens with zero attached hydrogens (tertiary/aromatic N) is 2. The van der Waals surface area contributed by atoms with Crippen LogP contribution in [-0.4, -0.2) is 63.3 Å². The minimum atomic E-state index is 0. The predicted molar refractivity (Wildman–Crippen MR) is 96.1 cm³/mol. The molecule has 1 aliphatic heterocycles. The molecule has 0 bridgehead atoms. The fraction of sp³-hybridized carbons (Fsp3) is 0.786. The highest BCUT2D eigenvalue weighted by Crippen LogP contribution is 2.00. The van der Waals surface area contributed by atoms with Crippen molar-refractivity contribution >= 4 is 29.9 Å². The van der Waals surface area contributed by atoms with E-state index in [2.05, 4.69) is 34.0 Å². The average Bonchev–Trinajstić information content (AvgIpc) is 2.45. The second-order valence-electron chi connectivity index (χ2n) is 4.59. The van der Waals surface area contributed by atoms with Gasteiger partial charge in [-0.1, -0.05) is 6.08 Å². The summed E-state index contributed by atoms with van der Waals surface area (Å²) in [4.78, 5) is 7.00. The van der Waals surface area contributed by atoms with Crippen molar-refractivity contribution in [3.63, 3.8) is 0 Å². The fourth-order valence-electron chi connectivity index (χ4n) is 1.97. The molecule has 1 heterocycles. The number of hydrogen-bond donors (Lipinski definition) is 2. The number of morpholine rings is 1. The number of nitrogens with one attached hydrogen (secondary N) is 2. The number of unbranched alkanes of at least 4 members (excludes halogenated alkanes) is 1. The van der Waals surface area contributed by atoms with Gasteiger partial charge >= 0.3 is 0 Å². The molecule has 1 aliphatic rings. The van der Waals surface area contributed by atoms with Crippen LogP contribution in [0.25, 0.3) is 0 Å². The van der Waals surface area contributed by atoms with Crippen molar-refractivity contribution in [3.05, 3.63) is 12.7 Å². The van der Waals surface area contributed by atoms with Crippen LogP contribution in [0, 0.1) is 0 Å².